The first-order valence-electron chi connectivity index (χ1n) is 6.15. The van der Waals surface area contributed by atoms with Crippen LogP contribution in [0, 0.1) is 19.7 Å². The van der Waals surface area contributed by atoms with Gasteiger partial charge in [0.2, 0.25) is 0 Å². The van der Waals surface area contributed by atoms with Crippen molar-refractivity contribution in [3.63, 3.8) is 0 Å². The molecule has 0 saturated heterocycles. The lowest BCUT2D eigenvalue weighted by Gasteiger charge is -2.08. The molecule has 0 aliphatic rings. The van der Waals surface area contributed by atoms with Gasteiger partial charge in [-0.1, -0.05) is 29.3 Å². The van der Waals surface area contributed by atoms with E-state index in [1.165, 1.54) is 18.2 Å². The van der Waals surface area contributed by atoms with Gasteiger partial charge >= 0.3 is 0 Å². The second kappa shape index (κ2) is 6.06. The van der Waals surface area contributed by atoms with Gasteiger partial charge in [-0.25, -0.2) is 4.39 Å². The number of halogens is 2. The van der Waals surface area contributed by atoms with Crippen LogP contribution < -0.4 is 4.74 Å². The number of rotatable bonds is 4. The monoisotopic (exact) mass is 292 g/mol. The van der Waals surface area contributed by atoms with Gasteiger partial charge in [0.05, 0.1) is 5.02 Å². The molecule has 0 amide bonds. The zero-order valence-electron chi connectivity index (χ0n) is 11.2. The van der Waals surface area contributed by atoms with Crippen molar-refractivity contribution in [1.82, 2.24) is 0 Å². The quantitative estimate of drug-likeness (QED) is 0.783. The van der Waals surface area contributed by atoms with E-state index in [1.807, 2.05) is 32.0 Å². The second-order valence-electron chi connectivity index (χ2n) is 4.61. The Balaban J connectivity index is 2.08. The molecule has 0 aliphatic heterocycles. The number of ketones is 1. The van der Waals surface area contributed by atoms with Crippen molar-refractivity contribution >= 4 is 17.4 Å². The van der Waals surface area contributed by atoms with E-state index >= 15 is 0 Å². The fourth-order valence-electron chi connectivity index (χ4n) is 1.83. The standard InChI is InChI=1S/C16H14ClFO2/c1-10-3-4-11(2)13(7-10)16(19)9-20-12-5-6-15(18)14(17)8-12/h3-8H,9H2,1-2H3. The van der Waals surface area contributed by atoms with Crippen LogP contribution in [0.2, 0.25) is 5.02 Å². The Kier molecular flexibility index (Phi) is 4.40. The molecule has 2 aromatic carbocycles. The van der Waals surface area contributed by atoms with Gasteiger partial charge < -0.3 is 4.74 Å². The van der Waals surface area contributed by atoms with E-state index in [2.05, 4.69) is 0 Å². The third-order valence-corrected chi connectivity index (χ3v) is 3.24. The molecule has 4 heteroatoms. The smallest absolute Gasteiger partial charge is 0.200 e. The third-order valence-electron chi connectivity index (χ3n) is 2.95. The first-order valence-corrected chi connectivity index (χ1v) is 6.53. The van der Waals surface area contributed by atoms with Crippen LogP contribution in [-0.2, 0) is 0 Å². The molecule has 20 heavy (non-hydrogen) atoms. The minimum atomic E-state index is -0.514. The average Bonchev–Trinajstić information content (AvgIpc) is 2.42. The zero-order valence-corrected chi connectivity index (χ0v) is 12.0. The van der Waals surface area contributed by atoms with Crippen molar-refractivity contribution in [1.29, 1.82) is 0 Å². The Morgan fingerprint density at radius 3 is 2.65 bits per heavy atom. The molecule has 0 atom stereocenters. The van der Waals surface area contributed by atoms with E-state index in [0.29, 0.717) is 11.3 Å². The van der Waals surface area contributed by atoms with Gasteiger partial charge in [-0.2, -0.15) is 0 Å². The first kappa shape index (κ1) is 14.5. The van der Waals surface area contributed by atoms with Crippen molar-refractivity contribution < 1.29 is 13.9 Å². The third kappa shape index (κ3) is 3.36. The maximum absolute atomic E-state index is 13.0. The van der Waals surface area contributed by atoms with E-state index in [0.717, 1.165) is 11.1 Å². The summed E-state index contributed by atoms with van der Waals surface area (Å²) in [4.78, 5) is 12.1. The maximum atomic E-state index is 13.0. The van der Waals surface area contributed by atoms with Crippen molar-refractivity contribution in [2.45, 2.75) is 13.8 Å². The van der Waals surface area contributed by atoms with E-state index < -0.39 is 5.82 Å². The SMILES string of the molecule is Cc1ccc(C)c(C(=O)COc2ccc(F)c(Cl)c2)c1. The van der Waals surface area contributed by atoms with Crippen LogP contribution in [0.4, 0.5) is 4.39 Å². The first-order chi connectivity index (χ1) is 9.47. The summed E-state index contributed by atoms with van der Waals surface area (Å²) in [5, 5.41) is -0.0262. The molecule has 0 aromatic heterocycles. The number of Topliss-reactive ketones (excluding diaryl/α,β-unsaturated/α-hetero) is 1. The molecule has 0 aliphatic carbocycles. The summed E-state index contributed by atoms with van der Waals surface area (Å²) < 4.78 is 18.4. The molecule has 0 heterocycles. The lowest BCUT2D eigenvalue weighted by molar-refractivity contribution is 0.0921. The summed E-state index contributed by atoms with van der Waals surface area (Å²) in [5.41, 5.74) is 2.56. The van der Waals surface area contributed by atoms with Gasteiger partial charge in [-0.3, -0.25) is 4.79 Å². The number of hydrogen-bond acceptors (Lipinski definition) is 2. The molecule has 2 nitrogen and oxygen atoms in total. The van der Waals surface area contributed by atoms with Crippen molar-refractivity contribution in [2.24, 2.45) is 0 Å². The van der Waals surface area contributed by atoms with Crippen LogP contribution in [0.1, 0.15) is 21.5 Å². The summed E-state index contributed by atoms with van der Waals surface area (Å²) in [6, 6.07) is 9.69. The Hall–Kier alpha value is -1.87. The Labute approximate surface area is 122 Å². The molecule has 0 bridgehead atoms. The lowest BCUT2D eigenvalue weighted by Crippen LogP contribution is -2.13. The van der Waals surface area contributed by atoms with E-state index in [4.69, 9.17) is 16.3 Å². The summed E-state index contributed by atoms with van der Waals surface area (Å²) in [6.45, 7) is 3.70. The highest BCUT2D eigenvalue weighted by Crippen LogP contribution is 2.21. The fourth-order valence-corrected chi connectivity index (χ4v) is 2.00. The molecule has 2 rings (SSSR count). The zero-order chi connectivity index (χ0) is 14.7. The average molecular weight is 293 g/mol. The highest BCUT2D eigenvalue weighted by atomic mass is 35.5. The predicted molar refractivity (Wildman–Crippen MR) is 77.2 cm³/mol. The molecule has 0 unspecified atom stereocenters. The van der Waals surface area contributed by atoms with Crippen LogP contribution in [0.25, 0.3) is 0 Å². The van der Waals surface area contributed by atoms with Crippen molar-refractivity contribution in [3.8, 4) is 5.75 Å². The highest BCUT2D eigenvalue weighted by molar-refractivity contribution is 6.30. The largest absolute Gasteiger partial charge is 0.485 e. The molecule has 104 valence electrons. The van der Waals surface area contributed by atoms with E-state index in [-0.39, 0.29) is 17.4 Å². The summed E-state index contributed by atoms with van der Waals surface area (Å²) >= 11 is 5.65. The number of aryl methyl sites for hydroxylation is 2. The summed E-state index contributed by atoms with van der Waals surface area (Å²) in [5.74, 6) is -0.262. The van der Waals surface area contributed by atoms with Crippen molar-refractivity contribution in [3.05, 3.63) is 63.9 Å². The van der Waals surface area contributed by atoms with Crippen LogP contribution >= 0.6 is 11.6 Å². The molecule has 0 N–H and O–H groups in total. The van der Waals surface area contributed by atoms with Gasteiger partial charge in [0.25, 0.3) is 0 Å². The van der Waals surface area contributed by atoms with Gasteiger partial charge in [0.15, 0.2) is 12.4 Å². The molecule has 0 fully saturated rings. The van der Waals surface area contributed by atoms with Gasteiger partial charge in [-0.15, -0.1) is 0 Å². The van der Waals surface area contributed by atoms with E-state index in [1.54, 1.807) is 0 Å². The molecule has 2 aromatic rings. The minimum Gasteiger partial charge on any atom is -0.485 e. The number of benzene rings is 2. The Morgan fingerprint density at radius 1 is 1.20 bits per heavy atom. The summed E-state index contributed by atoms with van der Waals surface area (Å²) in [6.07, 6.45) is 0. The van der Waals surface area contributed by atoms with Crippen LogP contribution in [0.15, 0.2) is 36.4 Å². The number of hydrogen-bond donors (Lipinski definition) is 0. The van der Waals surface area contributed by atoms with Gasteiger partial charge in [0, 0.05) is 11.6 Å². The number of carbonyl (C=O) groups excluding carboxylic acids is 1. The number of carbonyl (C=O) groups is 1. The molecule has 0 radical (unpaired) electrons. The van der Waals surface area contributed by atoms with Crippen LogP contribution in [0.3, 0.4) is 0 Å². The van der Waals surface area contributed by atoms with Crippen LogP contribution in [-0.4, -0.2) is 12.4 Å². The topological polar surface area (TPSA) is 26.3 Å². The van der Waals surface area contributed by atoms with Crippen molar-refractivity contribution in [2.75, 3.05) is 6.61 Å². The molecule has 0 spiro atoms. The lowest BCUT2D eigenvalue weighted by atomic mass is 10.0. The molecular formula is C16H14ClFO2. The fraction of sp³-hybridized carbons (Fsp3) is 0.188. The predicted octanol–water partition coefficient (Wildman–Crippen LogP) is 4.36. The second-order valence-corrected chi connectivity index (χ2v) is 5.01. The molecule has 0 saturated carbocycles. The normalized spacial score (nSPS) is 10.4. The Bertz CT molecular complexity index is 653. The number of ether oxygens (including phenoxy) is 1. The van der Waals surface area contributed by atoms with Gasteiger partial charge in [0.1, 0.15) is 11.6 Å². The van der Waals surface area contributed by atoms with E-state index in [9.17, 15) is 9.18 Å². The van der Waals surface area contributed by atoms with Gasteiger partial charge in [-0.05, 0) is 37.6 Å². The maximum Gasteiger partial charge on any atom is 0.200 e. The van der Waals surface area contributed by atoms with Crippen LogP contribution in [0.5, 0.6) is 5.75 Å². The minimum absolute atomic E-state index is 0.0262. The summed E-state index contributed by atoms with van der Waals surface area (Å²) in [7, 11) is 0. The Morgan fingerprint density at radius 2 is 1.95 bits per heavy atom. The highest BCUT2D eigenvalue weighted by Gasteiger charge is 2.11. The molecular weight excluding hydrogens is 279 g/mol.